The maximum absolute atomic E-state index is 12.8. The molecule has 2 aromatic carbocycles. The van der Waals surface area contributed by atoms with E-state index in [0.29, 0.717) is 29.9 Å². The number of rotatable bonds is 8. The molecule has 3 rings (SSSR count). The Morgan fingerprint density at radius 1 is 1.03 bits per heavy atom. The van der Waals surface area contributed by atoms with E-state index in [4.69, 9.17) is 4.74 Å². The van der Waals surface area contributed by atoms with Gasteiger partial charge in [0.2, 0.25) is 11.8 Å². The van der Waals surface area contributed by atoms with Crippen molar-refractivity contribution in [1.29, 1.82) is 0 Å². The van der Waals surface area contributed by atoms with Crippen molar-refractivity contribution in [3.63, 3.8) is 0 Å². The molecule has 1 heterocycles. The number of anilines is 2. The molecule has 1 unspecified atom stereocenters. The van der Waals surface area contributed by atoms with Crippen LogP contribution in [0.3, 0.4) is 0 Å². The number of carboxylic acids is 1. The van der Waals surface area contributed by atoms with Crippen molar-refractivity contribution in [2.75, 3.05) is 30.3 Å². The maximum atomic E-state index is 12.8. The average Bonchev–Trinajstić information content (AvgIpc) is 3.34. The second-order valence-corrected chi connectivity index (χ2v) is 10.4. The van der Waals surface area contributed by atoms with E-state index in [-0.39, 0.29) is 42.8 Å². The number of likely N-dealkylation sites (tertiary alicyclic amines) is 1. The Bertz CT molecular complexity index is 1250. The summed E-state index contributed by atoms with van der Waals surface area (Å²) in [6.45, 7) is 7.38. The fourth-order valence-corrected chi connectivity index (χ4v) is 4.16. The molecule has 0 bridgehead atoms. The molecule has 0 aliphatic carbocycles. The number of carboxylic acid groups (broad SMARTS) is 1. The van der Waals surface area contributed by atoms with E-state index in [1.807, 2.05) is 0 Å². The second-order valence-electron chi connectivity index (χ2n) is 10.4. The molecule has 2 aromatic rings. The number of hydrogen-bond donors (Lipinski definition) is 4. The molecule has 0 spiro atoms. The van der Waals surface area contributed by atoms with Crippen LogP contribution in [0.2, 0.25) is 0 Å². The van der Waals surface area contributed by atoms with E-state index in [2.05, 4.69) is 16.0 Å². The molecule has 0 saturated carbocycles. The SMILES string of the molecule is Cc1c(NC(=O)Nc2ccc(CC(=O)N3CCC(C(=O)NCC(=O)OC(C)(C)C)C3)cc2)cccc1C(=O)O. The third kappa shape index (κ3) is 8.56. The third-order valence-corrected chi connectivity index (χ3v) is 6.12. The monoisotopic (exact) mass is 538 g/mol. The number of esters is 1. The lowest BCUT2D eigenvalue weighted by molar-refractivity contribution is -0.154. The largest absolute Gasteiger partial charge is 0.478 e. The number of hydrogen-bond acceptors (Lipinski definition) is 6. The number of carbonyl (C=O) groups is 5. The number of benzene rings is 2. The number of carbonyl (C=O) groups excluding carboxylic acids is 4. The maximum Gasteiger partial charge on any atom is 0.336 e. The number of nitrogens with zero attached hydrogens (tertiary/aromatic N) is 1. The van der Waals surface area contributed by atoms with E-state index >= 15 is 0 Å². The molecule has 11 heteroatoms. The first kappa shape index (κ1) is 29.2. The summed E-state index contributed by atoms with van der Waals surface area (Å²) in [5.74, 6) is -2.38. The zero-order valence-electron chi connectivity index (χ0n) is 22.5. The van der Waals surface area contributed by atoms with Gasteiger partial charge in [0, 0.05) is 24.5 Å². The average molecular weight is 539 g/mol. The van der Waals surface area contributed by atoms with E-state index in [1.54, 1.807) is 69.0 Å². The van der Waals surface area contributed by atoms with Crippen LogP contribution in [0.15, 0.2) is 42.5 Å². The lowest BCUT2D eigenvalue weighted by atomic mass is 10.1. The summed E-state index contributed by atoms with van der Waals surface area (Å²) in [5, 5.41) is 17.1. The van der Waals surface area contributed by atoms with Gasteiger partial charge in [-0.05, 0) is 69.5 Å². The standard InChI is InChI=1S/C28H34N4O7/c1-17-21(26(36)37)6-5-7-22(17)31-27(38)30-20-10-8-18(9-11-20)14-23(33)32-13-12-19(16-32)25(35)29-15-24(34)39-28(2,3)4/h5-11,19H,12-16H2,1-4H3,(H,29,35)(H,36,37)(H2,30,31,38). The zero-order valence-corrected chi connectivity index (χ0v) is 22.5. The van der Waals surface area contributed by atoms with Crippen LogP contribution in [0.25, 0.3) is 0 Å². The highest BCUT2D eigenvalue weighted by Crippen LogP contribution is 2.21. The van der Waals surface area contributed by atoms with Gasteiger partial charge in [0.1, 0.15) is 12.1 Å². The summed E-state index contributed by atoms with van der Waals surface area (Å²) < 4.78 is 5.19. The highest BCUT2D eigenvalue weighted by atomic mass is 16.6. The van der Waals surface area contributed by atoms with Crippen LogP contribution < -0.4 is 16.0 Å². The fourth-order valence-electron chi connectivity index (χ4n) is 4.16. The molecule has 1 saturated heterocycles. The zero-order chi connectivity index (χ0) is 28.7. The van der Waals surface area contributed by atoms with Crippen molar-refractivity contribution in [2.24, 2.45) is 5.92 Å². The summed E-state index contributed by atoms with van der Waals surface area (Å²) >= 11 is 0. The Labute approximate surface area is 226 Å². The molecule has 11 nitrogen and oxygen atoms in total. The predicted octanol–water partition coefficient (Wildman–Crippen LogP) is 3.19. The van der Waals surface area contributed by atoms with Crippen molar-refractivity contribution < 1.29 is 33.8 Å². The highest BCUT2D eigenvalue weighted by Gasteiger charge is 2.31. The molecule has 1 atom stereocenters. The van der Waals surface area contributed by atoms with Gasteiger partial charge in [-0.15, -0.1) is 0 Å². The van der Waals surface area contributed by atoms with Crippen LogP contribution in [0.4, 0.5) is 16.2 Å². The minimum atomic E-state index is -1.08. The van der Waals surface area contributed by atoms with Gasteiger partial charge in [0.25, 0.3) is 0 Å². The van der Waals surface area contributed by atoms with Gasteiger partial charge in [-0.3, -0.25) is 14.4 Å². The predicted molar refractivity (Wildman–Crippen MR) is 144 cm³/mol. The Morgan fingerprint density at radius 2 is 1.72 bits per heavy atom. The van der Waals surface area contributed by atoms with Crippen LogP contribution >= 0.6 is 0 Å². The third-order valence-electron chi connectivity index (χ3n) is 6.12. The molecule has 1 fully saturated rings. The first-order valence-corrected chi connectivity index (χ1v) is 12.6. The van der Waals surface area contributed by atoms with Gasteiger partial charge >= 0.3 is 18.0 Å². The number of amides is 4. The van der Waals surface area contributed by atoms with Crippen molar-refractivity contribution in [3.8, 4) is 0 Å². The molecule has 0 aromatic heterocycles. The van der Waals surface area contributed by atoms with E-state index in [0.717, 1.165) is 5.56 Å². The number of aromatic carboxylic acids is 1. The van der Waals surface area contributed by atoms with E-state index < -0.39 is 23.6 Å². The normalized spacial score (nSPS) is 14.9. The number of nitrogens with one attached hydrogen (secondary N) is 3. The molecular weight excluding hydrogens is 504 g/mol. The molecule has 0 radical (unpaired) electrons. The van der Waals surface area contributed by atoms with Crippen molar-refractivity contribution in [2.45, 2.75) is 46.1 Å². The van der Waals surface area contributed by atoms with Crippen molar-refractivity contribution in [1.82, 2.24) is 10.2 Å². The topological polar surface area (TPSA) is 154 Å². The first-order valence-electron chi connectivity index (χ1n) is 12.6. The Kier molecular flexibility index (Phi) is 9.29. The summed E-state index contributed by atoms with van der Waals surface area (Å²) in [6, 6.07) is 10.9. The van der Waals surface area contributed by atoms with E-state index in [9.17, 15) is 29.1 Å². The Balaban J connectivity index is 1.46. The Hall–Kier alpha value is -4.41. The van der Waals surface area contributed by atoms with Gasteiger partial charge in [-0.2, -0.15) is 0 Å². The van der Waals surface area contributed by atoms with E-state index in [1.165, 1.54) is 6.07 Å². The minimum Gasteiger partial charge on any atom is -0.478 e. The molecule has 1 aliphatic heterocycles. The fraction of sp³-hybridized carbons (Fsp3) is 0.393. The van der Waals surface area contributed by atoms with Crippen LogP contribution in [-0.2, 0) is 25.5 Å². The smallest absolute Gasteiger partial charge is 0.336 e. The van der Waals surface area contributed by atoms with Gasteiger partial charge in [-0.1, -0.05) is 18.2 Å². The van der Waals surface area contributed by atoms with Crippen molar-refractivity contribution >= 4 is 41.2 Å². The number of urea groups is 1. The minimum absolute atomic E-state index is 0.104. The summed E-state index contributed by atoms with van der Waals surface area (Å²) in [6.07, 6.45) is 0.651. The molecule has 208 valence electrons. The van der Waals surface area contributed by atoms with Gasteiger partial charge in [0.15, 0.2) is 0 Å². The quantitative estimate of drug-likeness (QED) is 0.376. The molecule has 1 aliphatic rings. The van der Waals surface area contributed by atoms with Gasteiger partial charge in [-0.25, -0.2) is 9.59 Å². The van der Waals surface area contributed by atoms with Crippen LogP contribution in [0.5, 0.6) is 0 Å². The van der Waals surface area contributed by atoms with Crippen LogP contribution in [0, 0.1) is 12.8 Å². The van der Waals surface area contributed by atoms with Crippen LogP contribution in [0.1, 0.15) is 48.7 Å². The second kappa shape index (κ2) is 12.4. The van der Waals surface area contributed by atoms with Gasteiger partial charge in [0.05, 0.1) is 17.9 Å². The highest BCUT2D eigenvalue weighted by molar-refractivity contribution is 6.01. The molecule has 4 amide bonds. The number of ether oxygens (including phenoxy) is 1. The molecular formula is C28H34N4O7. The molecule has 39 heavy (non-hydrogen) atoms. The summed E-state index contributed by atoms with van der Waals surface area (Å²) in [7, 11) is 0. The van der Waals surface area contributed by atoms with Crippen molar-refractivity contribution in [3.05, 3.63) is 59.2 Å². The summed E-state index contributed by atoms with van der Waals surface area (Å²) in [5.41, 5.74) is 1.55. The van der Waals surface area contributed by atoms with Crippen LogP contribution in [-0.4, -0.2) is 65.0 Å². The lowest BCUT2D eigenvalue weighted by Crippen LogP contribution is -2.39. The molecule has 4 N–H and O–H groups in total. The lowest BCUT2D eigenvalue weighted by Gasteiger charge is -2.20. The summed E-state index contributed by atoms with van der Waals surface area (Å²) in [4.78, 5) is 62.3. The first-order chi connectivity index (χ1) is 18.3. The Morgan fingerprint density at radius 3 is 2.36 bits per heavy atom. The van der Waals surface area contributed by atoms with Gasteiger partial charge < -0.3 is 30.7 Å².